The summed E-state index contributed by atoms with van der Waals surface area (Å²) < 4.78 is 33.1. The van der Waals surface area contributed by atoms with Crippen LogP contribution >= 0.6 is 0 Å². The quantitative estimate of drug-likeness (QED) is 0.196. The Morgan fingerprint density at radius 1 is 0.897 bits per heavy atom. The van der Waals surface area contributed by atoms with Crippen LogP contribution in [0.5, 0.6) is 5.75 Å². The molecular weight excluding hydrogens is 740 g/mol. The van der Waals surface area contributed by atoms with Gasteiger partial charge < -0.3 is 29.3 Å². The molecule has 308 valence electrons. The first-order chi connectivity index (χ1) is 27.9. The number of fused-ring (bicyclic) bond motifs is 3. The van der Waals surface area contributed by atoms with E-state index >= 15 is 4.39 Å². The van der Waals surface area contributed by atoms with Crippen LogP contribution in [0.3, 0.4) is 0 Å². The monoisotopic (exact) mass is 794 g/mol. The van der Waals surface area contributed by atoms with Crippen LogP contribution in [-0.4, -0.2) is 102 Å². The maximum absolute atomic E-state index is 15.7. The van der Waals surface area contributed by atoms with E-state index in [1.54, 1.807) is 15.9 Å². The molecule has 0 aromatic heterocycles. The number of hydrogen-bond donors (Lipinski definition) is 1. The molecule has 3 fully saturated rings. The van der Waals surface area contributed by atoms with Crippen molar-refractivity contribution in [2.75, 3.05) is 45.9 Å². The molecule has 4 aliphatic rings. The molecule has 4 amide bonds. The lowest BCUT2D eigenvalue weighted by molar-refractivity contribution is -0.134. The zero-order chi connectivity index (χ0) is 41.0. The predicted molar refractivity (Wildman–Crippen MR) is 219 cm³/mol. The third kappa shape index (κ3) is 9.16. The number of nitrogens with zero attached hydrogens (tertiary/aromatic N) is 3. The van der Waals surface area contributed by atoms with E-state index in [1.807, 2.05) is 57.2 Å². The van der Waals surface area contributed by atoms with Crippen LogP contribution in [0.4, 0.5) is 14.0 Å². The maximum atomic E-state index is 15.7. The fourth-order valence-electron chi connectivity index (χ4n) is 8.84. The van der Waals surface area contributed by atoms with E-state index in [2.05, 4.69) is 24.0 Å². The molecule has 3 saturated heterocycles. The van der Waals surface area contributed by atoms with Gasteiger partial charge in [0.15, 0.2) is 0 Å². The lowest BCUT2D eigenvalue weighted by atomic mass is 9.92. The van der Waals surface area contributed by atoms with Gasteiger partial charge in [-0.05, 0) is 106 Å². The molecule has 0 radical (unpaired) electrons. The lowest BCUT2D eigenvalue weighted by Crippen LogP contribution is -2.47. The Bertz CT molecular complexity index is 1970. The molecule has 0 spiro atoms. The van der Waals surface area contributed by atoms with E-state index in [-0.39, 0.29) is 48.6 Å². The second kappa shape index (κ2) is 17.6. The highest BCUT2D eigenvalue weighted by molar-refractivity contribution is 5.98. The number of piperidine rings is 1. The molecule has 1 aliphatic carbocycles. The zero-order valence-electron chi connectivity index (χ0n) is 33.8. The summed E-state index contributed by atoms with van der Waals surface area (Å²) in [5.41, 5.74) is 3.96. The molecule has 3 aliphatic heterocycles. The predicted octanol–water partition coefficient (Wildman–Crippen LogP) is 8.02. The Morgan fingerprint density at radius 2 is 1.55 bits per heavy atom. The van der Waals surface area contributed by atoms with Crippen LogP contribution in [-0.2, 0) is 14.3 Å². The average molecular weight is 795 g/mol. The van der Waals surface area contributed by atoms with Gasteiger partial charge in [0.2, 0.25) is 5.91 Å². The maximum Gasteiger partial charge on any atom is 0.410 e. The first-order valence-corrected chi connectivity index (χ1v) is 20.7. The number of carbonyl (C=O) groups is 4. The molecule has 3 aromatic carbocycles. The molecular formula is C46H55FN4O7. The van der Waals surface area contributed by atoms with Crippen molar-refractivity contribution in [2.45, 2.75) is 89.3 Å². The normalized spacial score (nSPS) is 19.4. The van der Waals surface area contributed by atoms with Crippen LogP contribution in [0.2, 0.25) is 0 Å². The average Bonchev–Trinajstić information content (AvgIpc) is 3.96. The van der Waals surface area contributed by atoms with Gasteiger partial charge in [0.25, 0.3) is 5.91 Å². The van der Waals surface area contributed by atoms with Crippen molar-refractivity contribution < 1.29 is 37.8 Å². The summed E-state index contributed by atoms with van der Waals surface area (Å²) in [5, 5.41) is 2.90. The summed E-state index contributed by atoms with van der Waals surface area (Å²) >= 11 is 0. The van der Waals surface area contributed by atoms with Gasteiger partial charge in [0.1, 0.15) is 29.8 Å². The molecule has 2 unspecified atom stereocenters. The zero-order valence-corrected chi connectivity index (χ0v) is 33.8. The van der Waals surface area contributed by atoms with Gasteiger partial charge in [0.05, 0.1) is 12.2 Å². The molecule has 2 atom stereocenters. The van der Waals surface area contributed by atoms with Gasteiger partial charge >= 0.3 is 12.2 Å². The fraction of sp³-hybridized carbons (Fsp3) is 0.478. The second-order valence-corrected chi connectivity index (χ2v) is 16.9. The molecule has 1 N–H and O–H groups in total. The largest absolute Gasteiger partial charge is 0.493 e. The number of benzene rings is 3. The standard InChI is InChI=1S/C46H55FN4O7/c1-5-31-25-33(56-24-12-13-30-18-22-50(23-19-30)44(54)58-46(2,3)4)27-39(47)41(31)42(52)48-32-26-40(43(53)49-20-10-11-21-49)51(28-32)45(55)57-29-38-36-16-8-6-14-34(36)35-15-7-9-17-37(35)38/h5-9,14-17,25,27,30,32,38,40H,1,10-13,18-24,26,28-29H2,2-4H3,(H,48,52). The van der Waals surface area contributed by atoms with E-state index in [4.69, 9.17) is 14.2 Å². The fourth-order valence-corrected chi connectivity index (χ4v) is 8.84. The minimum Gasteiger partial charge on any atom is -0.493 e. The van der Waals surface area contributed by atoms with E-state index < -0.39 is 35.5 Å². The minimum atomic E-state index is -0.823. The third-order valence-electron chi connectivity index (χ3n) is 11.7. The van der Waals surface area contributed by atoms with Crippen LogP contribution in [0.1, 0.15) is 98.7 Å². The summed E-state index contributed by atoms with van der Waals surface area (Å²) in [6, 6.07) is 17.5. The summed E-state index contributed by atoms with van der Waals surface area (Å²) in [4.78, 5) is 58.7. The van der Waals surface area contributed by atoms with Crippen LogP contribution in [0.15, 0.2) is 67.2 Å². The third-order valence-corrected chi connectivity index (χ3v) is 11.7. The highest BCUT2D eigenvalue weighted by atomic mass is 19.1. The van der Waals surface area contributed by atoms with Gasteiger partial charge in [0, 0.05) is 50.7 Å². The number of halogens is 1. The molecule has 7 rings (SSSR count). The number of rotatable bonds is 11. The van der Waals surface area contributed by atoms with Crippen molar-refractivity contribution in [1.82, 2.24) is 20.0 Å². The number of nitrogens with one attached hydrogen (secondary N) is 1. The number of amides is 4. The summed E-state index contributed by atoms with van der Waals surface area (Å²) in [6.07, 6.45) is 5.92. The van der Waals surface area contributed by atoms with Crippen molar-refractivity contribution in [3.05, 3.63) is 95.3 Å². The summed E-state index contributed by atoms with van der Waals surface area (Å²) in [7, 11) is 0. The Balaban J connectivity index is 0.950. The minimum absolute atomic E-state index is 0.0406. The van der Waals surface area contributed by atoms with E-state index in [1.165, 1.54) is 17.0 Å². The SMILES string of the molecule is C=Cc1cc(OCCCC2CCN(C(=O)OC(C)(C)C)CC2)cc(F)c1C(=O)NC1CC(C(=O)N2CCCC2)N(C(=O)OCC2c3ccccc3-c3ccccc32)C1. The summed E-state index contributed by atoms with van der Waals surface area (Å²) in [6.45, 7) is 12.4. The molecule has 0 saturated carbocycles. The molecule has 58 heavy (non-hydrogen) atoms. The van der Waals surface area contributed by atoms with Crippen LogP contribution in [0.25, 0.3) is 17.2 Å². The van der Waals surface area contributed by atoms with E-state index in [9.17, 15) is 19.2 Å². The molecule has 3 heterocycles. The number of likely N-dealkylation sites (tertiary alicyclic amines) is 3. The number of ether oxygens (including phenoxy) is 3. The second-order valence-electron chi connectivity index (χ2n) is 16.9. The van der Waals surface area contributed by atoms with Crippen molar-refractivity contribution in [3.8, 4) is 16.9 Å². The van der Waals surface area contributed by atoms with Gasteiger partial charge in [-0.15, -0.1) is 0 Å². The highest BCUT2D eigenvalue weighted by Crippen LogP contribution is 2.44. The van der Waals surface area contributed by atoms with E-state index in [0.717, 1.165) is 60.8 Å². The first-order valence-electron chi connectivity index (χ1n) is 20.7. The van der Waals surface area contributed by atoms with Crippen LogP contribution < -0.4 is 10.1 Å². The first kappa shape index (κ1) is 40.8. The Hall–Kier alpha value is -5.39. The van der Waals surface area contributed by atoms with Gasteiger partial charge in [-0.25, -0.2) is 14.0 Å². The lowest BCUT2D eigenvalue weighted by Gasteiger charge is -2.33. The Kier molecular flexibility index (Phi) is 12.4. The Labute approximate surface area is 340 Å². The van der Waals surface area contributed by atoms with Crippen molar-refractivity contribution in [3.63, 3.8) is 0 Å². The summed E-state index contributed by atoms with van der Waals surface area (Å²) in [5.74, 6) is -0.991. The van der Waals surface area contributed by atoms with E-state index in [0.29, 0.717) is 44.5 Å². The van der Waals surface area contributed by atoms with Gasteiger partial charge in [-0.3, -0.25) is 14.5 Å². The van der Waals surface area contributed by atoms with Gasteiger partial charge in [-0.1, -0.05) is 61.2 Å². The molecule has 12 heteroatoms. The number of carbonyl (C=O) groups excluding carboxylic acids is 4. The number of hydrogen-bond acceptors (Lipinski definition) is 7. The molecule has 0 bridgehead atoms. The van der Waals surface area contributed by atoms with Crippen molar-refractivity contribution in [2.24, 2.45) is 5.92 Å². The highest BCUT2D eigenvalue weighted by Gasteiger charge is 2.44. The Morgan fingerprint density at radius 3 is 2.19 bits per heavy atom. The topological polar surface area (TPSA) is 118 Å². The smallest absolute Gasteiger partial charge is 0.410 e. The van der Waals surface area contributed by atoms with Crippen molar-refractivity contribution in [1.29, 1.82) is 0 Å². The molecule has 11 nitrogen and oxygen atoms in total. The van der Waals surface area contributed by atoms with Crippen LogP contribution in [0, 0.1) is 11.7 Å². The van der Waals surface area contributed by atoms with Gasteiger partial charge in [-0.2, -0.15) is 0 Å². The molecule has 3 aromatic rings. The van der Waals surface area contributed by atoms with Crippen molar-refractivity contribution >= 4 is 30.1 Å².